The van der Waals surface area contributed by atoms with Crippen molar-refractivity contribution in [2.75, 3.05) is 0 Å². The van der Waals surface area contributed by atoms with Crippen LogP contribution >= 0.6 is 0 Å². The van der Waals surface area contributed by atoms with Gasteiger partial charge in [0.15, 0.2) is 0 Å². The van der Waals surface area contributed by atoms with Gasteiger partial charge in [-0.2, -0.15) is 0 Å². The Labute approximate surface area is 95.3 Å². The van der Waals surface area contributed by atoms with E-state index in [1.54, 1.807) is 0 Å². The van der Waals surface area contributed by atoms with Crippen LogP contribution in [0.4, 0.5) is 0 Å². The zero-order valence-electron chi connectivity index (χ0n) is 6.92. The van der Waals surface area contributed by atoms with Crippen LogP contribution in [-0.4, -0.2) is 15.3 Å². The van der Waals surface area contributed by atoms with Gasteiger partial charge in [-0.15, -0.1) is 0 Å². The van der Waals surface area contributed by atoms with Crippen molar-refractivity contribution in [3.05, 3.63) is 46.0 Å². The standard InChI is InChI=1S/3NO3.H3N.O.Zr/c3*2-1(3)4;;;/h;;;1H3;;/q3*-1;;;+2/p+1. The Hall–Kier alpha value is -1.76. The molecule has 0 aromatic heterocycles. The minimum atomic E-state index is -1.75. The molecule has 0 aromatic carbocycles. The molecule has 15 heavy (non-hydrogen) atoms. The van der Waals surface area contributed by atoms with Crippen molar-refractivity contribution < 1.29 is 42.8 Å². The fraction of sp³-hybridized carbons (Fsp3) is 0. The molecular formula is H4N4O10Zr. The Morgan fingerprint density at radius 3 is 0.600 bits per heavy atom. The third-order valence-corrected chi connectivity index (χ3v) is 0. The molecule has 0 saturated heterocycles. The minimum absolute atomic E-state index is 0. The molecule has 0 aromatic rings. The summed E-state index contributed by atoms with van der Waals surface area (Å²) >= 11 is 0.300. The average Bonchev–Trinajstić information content (AvgIpc) is 1.86. The zero-order chi connectivity index (χ0) is 12.7. The molecule has 0 aliphatic rings. The second kappa shape index (κ2) is 29.5. The Kier molecular flexibility index (Phi) is 57.5. The van der Waals surface area contributed by atoms with Crippen molar-refractivity contribution in [3.63, 3.8) is 0 Å². The molecule has 0 heterocycles. The molecule has 88 valence electrons. The molecule has 0 saturated carbocycles. The molecule has 0 aliphatic carbocycles. The van der Waals surface area contributed by atoms with Gasteiger partial charge in [-0.05, 0) is 0 Å². The topological polar surface area (TPSA) is 252 Å². The van der Waals surface area contributed by atoms with Crippen LogP contribution in [0, 0.1) is 46.0 Å². The third kappa shape index (κ3) is 416. The molecular weight excluding hydrogens is 307 g/mol. The Bertz CT molecular complexity index is 126. The summed E-state index contributed by atoms with van der Waals surface area (Å²) in [6, 6.07) is 0. The van der Waals surface area contributed by atoms with Gasteiger partial charge in [-0.25, -0.2) is 0 Å². The molecule has 0 fully saturated rings. The van der Waals surface area contributed by atoms with Crippen molar-refractivity contribution in [2.45, 2.75) is 0 Å². The van der Waals surface area contributed by atoms with Gasteiger partial charge >= 0.3 is 27.5 Å². The second-order valence-electron chi connectivity index (χ2n) is 0.671. The normalized spacial score (nSPS) is 5.20. The average molecular weight is 311 g/mol. The van der Waals surface area contributed by atoms with Crippen LogP contribution in [0.25, 0.3) is 0 Å². The van der Waals surface area contributed by atoms with Gasteiger partial charge in [0.25, 0.3) is 0 Å². The summed E-state index contributed by atoms with van der Waals surface area (Å²) in [5.41, 5.74) is 0. The molecule has 0 atom stereocenters. The summed E-state index contributed by atoms with van der Waals surface area (Å²) in [6.45, 7) is 0. The monoisotopic (exact) mass is 310 g/mol. The number of hydrogen-bond donors (Lipinski definition) is 1. The third-order valence-electron chi connectivity index (χ3n) is 0. The fourth-order valence-electron chi connectivity index (χ4n) is 0. The summed E-state index contributed by atoms with van der Waals surface area (Å²) in [7, 11) is 0. The first-order valence-corrected chi connectivity index (χ1v) is 2.85. The van der Waals surface area contributed by atoms with Gasteiger partial charge in [0.2, 0.25) is 0 Å². The van der Waals surface area contributed by atoms with Gasteiger partial charge in [0.05, 0.1) is 15.3 Å². The predicted octanol–water partition coefficient (Wildman–Crippen LogP) is -0.462. The van der Waals surface area contributed by atoms with Gasteiger partial charge in [0, 0.05) is 0 Å². The molecule has 0 aliphatic heterocycles. The zero-order valence-corrected chi connectivity index (χ0v) is 9.38. The van der Waals surface area contributed by atoms with E-state index in [2.05, 4.69) is 0 Å². The van der Waals surface area contributed by atoms with Crippen LogP contribution in [0.15, 0.2) is 0 Å². The van der Waals surface area contributed by atoms with Gasteiger partial charge in [0.1, 0.15) is 0 Å². The van der Waals surface area contributed by atoms with E-state index in [4.69, 9.17) is 48.8 Å². The SMILES string of the molecule is O=[N+]([O-])[O-].O=[N+]([O-])[O-].O=[N+]([O-])[O-].[NH4+].[O]=[Zr+2]. The van der Waals surface area contributed by atoms with Gasteiger partial charge in [-0.3, -0.25) is 0 Å². The van der Waals surface area contributed by atoms with Crippen molar-refractivity contribution in [1.29, 1.82) is 0 Å². The van der Waals surface area contributed by atoms with Crippen molar-refractivity contribution in [1.82, 2.24) is 6.15 Å². The van der Waals surface area contributed by atoms with Crippen LogP contribution in [0.2, 0.25) is 0 Å². The summed E-state index contributed by atoms with van der Waals surface area (Å²) in [5, 5.41) is 44.2. The van der Waals surface area contributed by atoms with Crippen LogP contribution in [-0.2, 0) is 27.5 Å². The first-order chi connectivity index (χ1) is 6.20. The fourth-order valence-corrected chi connectivity index (χ4v) is 0. The maximum absolute atomic E-state index is 8.34. The molecule has 0 amide bonds. The molecule has 0 rings (SSSR count). The summed E-state index contributed by atoms with van der Waals surface area (Å²) in [5.74, 6) is 0. The first-order valence-electron chi connectivity index (χ1n) is 1.85. The maximum atomic E-state index is 8.34. The summed E-state index contributed by atoms with van der Waals surface area (Å²) in [6.07, 6.45) is 0. The van der Waals surface area contributed by atoms with Crippen LogP contribution in [0.1, 0.15) is 0 Å². The van der Waals surface area contributed by atoms with E-state index >= 15 is 0 Å². The van der Waals surface area contributed by atoms with E-state index in [1.165, 1.54) is 0 Å². The second-order valence-corrected chi connectivity index (χ2v) is 0.671. The Morgan fingerprint density at radius 1 is 0.600 bits per heavy atom. The van der Waals surface area contributed by atoms with Crippen molar-refractivity contribution in [3.8, 4) is 0 Å². The Morgan fingerprint density at radius 2 is 0.600 bits per heavy atom. The van der Waals surface area contributed by atoms with E-state index in [0.29, 0.717) is 24.7 Å². The van der Waals surface area contributed by atoms with Gasteiger partial charge in [-0.1, -0.05) is 0 Å². The molecule has 0 radical (unpaired) electrons. The molecule has 0 bridgehead atoms. The van der Waals surface area contributed by atoms with E-state index in [1.807, 2.05) is 0 Å². The molecule has 14 nitrogen and oxygen atoms in total. The molecule has 4 N–H and O–H groups in total. The van der Waals surface area contributed by atoms with Crippen molar-refractivity contribution >= 4 is 0 Å². The number of quaternary nitrogens is 1. The van der Waals surface area contributed by atoms with E-state index < -0.39 is 15.3 Å². The number of nitrogens with zero attached hydrogens (tertiary/aromatic N) is 3. The van der Waals surface area contributed by atoms with E-state index in [9.17, 15) is 0 Å². The Balaban J connectivity index is -0.0000000298. The van der Waals surface area contributed by atoms with Crippen LogP contribution in [0.3, 0.4) is 0 Å². The predicted molar refractivity (Wildman–Crippen MR) is 37.8 cm³/mol. The summed E-state index contributed by atoms with van der Waals surface area (Å²) < 4.78 is 8.34. The van der Waals surface area contributed by atoms with Gasteiger partial charge < -0.3 is 52.1 Å². The van der Waals surface area contributed by atoms with Crippen molar-refractivity contribution in [2.24, 2.45) is 0 Å². The molecule has 15 heteroatoms. The quantitative estimate of drug-likeness (QED) is 0.444. The first kappa shape index (κ1) is 29.2. The van der Waals surface area contributed by atoms with E-state index in [-0.39, 0.29) is 6.15 Å². The number of hydrogen-bond acceptors (Lipinski definition) is 10. The van der Waals surface area contributed by atoms with Crippen LogP contribution < -0.4 is 6.15 Å². The van der Waals surface area contributed by atoms with E-state index in [0.717, 1.165) is 0 Å². The number of rotatable bonds is 0. The molecule has 0 spiro atoms. The molecule has 0 unspecified atom stereocenters. The summed E-state index contributed by atoms with van der Waals surface area (Å²) in [4.78, 5) is 24.8. The van der Waals surface area contributed by atoms with Crippen LogP contribution in [0.5, 0.6) is 0 Å².